The van der Waals surface area contributed by atoms with Crippen molar-refractivity contribution in [3.8, 4) is 0 Å². The average Bonchev–Trinajstić information content (AvgIpc) is 2.88. The van der Waals surface area contributed by atoms with Gasteiger partial charge in [-0.15, -0.1) is 0 Å². The summed E-state index contributed by atoms with van der Waals surface area (Å²) in [6.07, 6.45) is -3.17. The molecular formula is C10H11F3N4O. The van der Waals surface area contributed by atoms with Gasteiger partial charge in [0.1, 0.15) is 6.54 Å². The van der Waals surface area contributed by atoms with E-state index >= 15 is 0 Å². The summed E-state index contributed by atoms with van der Waals surface area (Å²) in [6.45, 7) is 0.656. The van der Waals surface area contributed by atoms with E-state index in [9.17, 15) is 13.2 Å². The van der Waals surface area contributed by atoms with Crippen LogP contribution in [0.4, 0.5) is 13.2 Å². The molecule has 2 aromatic rings. The Labute approximate surface area is 101 Å². The zero-order chi connectivity index (χ0) is 13.2. The molecule has 1 N–H and O–H groups in total. The highest BCUT2D eigenvalue weighted by molar-refractivity contribution is 5.08. The minimum atomic E-state index is -4.43. The Morgan fingerprint density at radius 1 is 1.44 bits per heavy atom. The van der Waals surface area contributed by atoms with Crippen LogP contribution in [0.3, 0.4) is 0 Å². The molecule has 0 radical (unpaired) electrons. The molecule has 0 atom stereocenters. The Bertz CT molecular complexity index is 517. The van der Waals surface area contributed by atoms with Gasteiger partial charge < -0.3 is 9.84 Å². The Morgan fingerprint density at radius 2 is 2.22 bits per heavy atom. The summed E-state index contributed by atoms with van der Waals surface area (Å²) in [7, 11) is 1.76. The van der Waals surface area contributed by atoms with Gasteiger partial charge in [-0.2, -0.15) is 18.3 Å². The topological polar surface area (TPSA) is 55.9 Å². The van der Waals surface area contributed by atoms with Gasteiger partial charge in [-0.3, -0.25) is 4.68 Å². The molecule has 0 saturated carbocycles. The Kier molecular flexibility index (Phi) is 3.37. The number of alkyl halides is 3. The fourth-order valence-electron chi connectivity index (χ4n) is 1.46. The lowest BCUT2D eigenvalue weighted by Gasteiger charge is -2.00. The van der Waals surface area contributed by atoms with Crippen LogP contribution in [0.15, 0.2) is 22.9 Å². The first-order chi connectivity index (χ1) is 8.49. The molecule has 8 heteroatoms. The highest BCUT2D eigenvalue weighted by Crippen LogP contribution is 2.27. The van der Waals surface area contributed by atoms with Crippen LogP contribution < -0.4 is 5.32 Å². The smallest absolute Gasteiger partial charge is 0.359 e. The van der Waals surface area contributed by atoms with Crippen molar-refractivity contribution in [3.05, 3.63) is 35.5 Å². The standard InChI is InChI=1S/C10H11F3N4O/c1-14-5-7-4-8(18-16-7)6-17-3-2-9(15-17)10(11,12)13/h2-4,14H,5-6H2,1H3. The summed E-state index contributed by atoms with van der Waals surface area (Å²) in [5.41, 5.74) is -0.229. The first-order valence-corrected chi connectivity index (χ1v) is 5.19. The first-order valence-electron chi connectivity index (χ1n) is 5.19. The second-order valence-corrected chi connectivity index (χ2v) is 3.71. The number of aromatic nitrogens is 3. The molecule has 0 spiro atoms. The first kappa shape index (κ1) is 12.6. The third-order valence-corrected chi connectivity index (χ3v) is 2.21. The summed E-state index contributed by atoms with van der Waals surface area (Å²) in [6, 6.07) is 2.59. The van der Waals surface area contributed by atoms with Gasteiger partial charge >= 0.3 is 6.18 Å². The number of rotatable bonds is 4. The maximum absolute atomic E-state index is 12.3. The molecule has 0 unspecified atom stereocenters. The van der Waals surface area contributed by atoms with Crippen molar-refractivity contribution in [1.82, 2.24) is 20.3 Å². The molecule has 0 bridgehead atoms. The summed E-state index contributed by atoms with van der Waals surface area (Å²) in [4.78, 5) is 0. The zero-order valence-corrected chi connectivity index (χ0v) is 9.53. The van der Waals surface area contributed by atoms with Gasteiger partial charge in [0.05, 0.1) is 5.69 Å². The maximum Gasteiger partial charge on any atom is 0.435 e. The van der Waals surface area contributed by atoms with Crippen LogP contribution in [-0.2, 0) is 19.3 Å². The van der Waals surface area contributed by atoms with Crippen molar-refractivity contribution in [2.75, 3.05) is 7.05 Å². The molecule has 2 heterocycles. The van der Waals surface area contributed by atoms with Crippen molar-refractivity contribution in [2.24, 2.45) is 0 Å². The van der Waals surface area contributed by atoms with E-state index in [0.29, 0.717) is 18.0 Å². The fraction of sp³-hybridized carbons (Fsp3) is 0.400. The predicted octanol–water partition coefficient (Wildman–Crippen LogP) is 1.66. The highest BCUT2D eigenvalue weighted by atomic mass is 19.4. The lowest BCUT2D eigenvalue weighted by Crippen LogP contribution is -2.08. The van der Waals surface area contributed by atoms with Crippen molar-refractivity contribution in [1.29, 1.82) is 0 Å². The van der Waals surface area contributed by atoms with Gasteiger partial charge in [0.15, 0.2) is 11.5 Å². The van der Waals surface area contributed by atoms with Gasteiger partial charge in [0.2, 0.25) is 0 Å². The van der Waals surface area contributed by atoms with Crippen LogP contribution in [0.5, 0.6) is 0 Å². The largest absolute Gasteiger partial charge is 0.435 e. The van der Waals surface area contributed by atoms with E-state index in [1.54, 1.807) is 13.1 Å². The van der Waals surface area contributed by atoms with E-state index in [1.807, 2.05) is 0 Å². The number of hydrogen-bond acceptors (Lipinski definition) is 4. The third-order valence-electron chi connectivity index (χ3n) is 2.21. The zero-order valence-electron chi connectivity index (χ0n) is 9.53. The molecule has 18 heavy (non-hydrogen) atoms. The van der Waals surface area contributed by atoms with E-state index in [1.165, 1.54) is 6.20 Å². The summed E-state index contributed by atoms with van der Waals surface area (Å²) >= 11 is 0. The monoisotopic (exact) mass is 260 g/mol. The molecule has 0 amide bonds. The quantitative estimate of drug-likeness (QED) is 0.908. The summed E-state index contributed by atoms with van der Waals surface area (Å²) < 4.78 is 43.1. The second kappa shape index (κ2) is 4.81. The SMILES string of the molecule is CNCc1cc(Cn2ccc(C(F)(F)F)n2)on1. The van der Waals surface area contributed by atoms with Crippen molar-refractivity contribution in [2.45, 2.75) is 19.3 Å². The van der Waals surface area contributed by atoms with Crippen LogP contribution in [0, 0.1) is 0 Å². The van der Waals surface area contributed by atoms with E-state index in [2.05, 4.69) is 15.6 Å². The molecule has 98 valence electrons. The summed E-state index contributed by atoms with van der Waals surface area (Å²) in [5, 5.41) is 10.1. The predicted molar refractivity (Wildman–Crippen MR) is 55.6 cm³/mol. The molecule has 2 aromatic heterocycles. The Hall–Kier alpha value is -1.83. The third kappa shape index (κ3) is 2.89. The molecule has 0 aliphatic carbocycles. The minimum Gasteiger partial charge on any atom is -0.359 e. The molecule has 0 fully saturated rings. The molecule has 0 aliphatic heterocycles. The normalized spacial score (nSPS) is 12.0. The van der Waals surface area contributed by atoms with Crippen molar-refractivity contribution in [3.63, 3.8) is 0 Å². The van der Waals surface area contributed by atoms with Crippen LogP contribution in [0.2, 0.25) is 0 Å². The molecule has 0 saturated heterocycles. The van der Waals surface area contributed by atoms with Crippen LogP contribution in [0.25, 0.3) is 0 Å². The van der Waals surface area contributed by atoms with Crippen LogP contribution in [-0.4, -0.2) is 22.0 Å². The van der Waals surface area contributed by atoms with Gasteiger partial charge in [0, 0.05) is 18.8 Å². The van der Waals surface area contributed by atoms with E-state index in [-0.39, 0.29) is 6.54 Å². The van der Waals surface area contributed by atoms with Crippen molar-refractivity contribution < 1.29 is 17.7 Å². The van der Waals surface area contributed by atoms with E-state index < -0.39 is 11.9 Å². The minimum absolute atomic E-state index is 0.118. The number of nitrogens with zero attached hydrogens (tertiary/aromatic N) is 3. The van der Waals surface area contributed by atoms with E-state index in [4.69, 9.17) is 4.52 Å². The summed E-state index contributed by atoms with van der Waals surface area (Å²) in [5.74, 6) is 0.456. The van der Waals surface area contributed by atoms with Gasteiger partial charge in [-0.05, 0) is 13.1 Å². The van der Waals surface area contributed by atoms with Gasteiger partial charge in [-0.1, -0.05) is 5.16 Å². The second-order valence-electron chi connectivity index (χ2n) is 3.71. The lowest BCUT2D eigenvalue weighted by molar-refractivity contribution is -0.141. The average molecular weight is 260 g/mol. The van der Waals surface area contributed by atoms with Crippen LogP contribution >= 0.6 is 0 Å². The molecule has 0 aromatic carbocycles. The van der Waals surface area contributed by atoms with Crippen LogP contribution in [0.1, 0.15) is 17.1 Å². The Balaban J connectivity index is 2.06. The van der Waals surface area contributed by atoms with Gasteiger partial charge in [0.25, 0.3) is 0 Å². The number of nitrogens with one attached hydrogen (secondary N) is 1. The molecular weight excluding hydrogens is 249 g/mol. The molecule has 0 aliphatic rings. The van der Waals surface area contributed by atoms with E-state index in [0.717, 1.165) is 10.7 Å². The molecule has 5 nitrogen and oxygen atoms in total. The number of halogens is 3. The van der Waals surface area contributed by atoms with Gasteiger partial charge in [-0.25, -0.2) is 0 Å². The number of hydrogen-bond donors (Lipinski definition) is 1. The Morgan fingerprint density at radius 3 is 2.83 bits per heavy atom. The highest BCUT2D eigenvalue weighted by Gasteiger charge is 2.33. The maximum atomic E-state index is 12.3. The molecule has 2 rings (SSSR count). The fourth-order valence-corrected chi connectivity index (χ4v) is 1.46. The van der Waals surface area contributed by atoms with Crippen molar-refractivity contribution >= 4 is 0 Å². The lowest BCUT2D eigenvalue weighted by atomic mass is 10.3.